The van der Waals surface area contributed by atoms with Crippen molar-refractivity contribution in [3.8, 4) is 0 Å². The summed E-state index contributed by atoms with van der Waals surface area (Å²) in [5.41, 5.74) is 0.221. The van der Waals surface area contributed by atoms with E-state index in [1.807, 2.05) is 7.05 Å². The maximum absolute atomic E-state index is 13.6. The highest BCUT2D eigenvalue weighted by Gasteiger charge is 2.25. The maximum atomic E-state index is 13.6. The molecule has 1 saturated carbocycles. The minimum absolute atomic E-state index is 0.184. The highest BCUT2D eigenvalue weighted by molar-refractivity contribution is 5.21. The molecule has 0 spiro atoms. The summed E-state index contributed by atoms with van der Waals surface area (Å²) in [6.07, 6.45) is 5.26. The van der Waals surface area contributed by atoms with Crippen molar-refractivity contribution in [2.75, 3.05) is 7.05 Å². The van der Waals surface area contributed by atoms with Crippen LogP contribution in [-0.2, 0) is 6.42 Å². The molecule has 1 unspecified atom stereocenters. The van der Waals surface area contributed by atoms with Crippen LogP contribution in [0.4, 0.5) is 8.78 Å². The molecule has 3 heteroatoms. The number of likely N-dealkylation sites (N-methyl/N-ethyl adjacent to an activating group) is 1. The molecule has 2 rings (SSSR count). The van der Waals surface area contributed by atoms with Gasteiger partial charge in [0.15, 0.2) is 0 Å². The summed E-state index contributed by atoms with van der Waals surface area (Å²) in [6.45, 7) is 0. The predicted octanol–water partition coefficient (Wildman–Crippen LogP) is 3.29. The zero-order valence-corrected chi connectivity index (χ0v) is 10.2. The van der Waals surface area contributed by atoms with Gasteiger partial charge in [0.1, 0.15) is 11.6 Å². The summed E-state index contributed by atoms with van der Waals surface area (Å²) in [5, 5.41) is 3.21. The molecule has 1 atom stereocenters. The molecule has 0 amide bonds. The first-order valence-electron chi connectivity index (χ1n) is 6.32. The molecule has 1 aliphatic carbocycles. The van der Waals surface area contributed by atoms with Crippen LogP contribution in [0, 0.1) is 17.6 Å². The van der Waals surface area contributed by atoms with Gasteiger partial charge in [0.25, 0.3) is 0 Å². The topological polar surface area (TPSA) is 12.0 Å². The Bertz CT molecular complexity index is 352. The average Bonchev–Trinajstić information content (AvgIpc) is 2.82. The van der Waals surface area contributed by atoms with Crippen LogP contribution in [0.25, 0.3) is 0 Å². The highest BCUT2D eigenvalue weighted by atomic mass is 19.1. The Hall–Kier alpha value is -0.960. The lowest BCUT2D eigenvalue weighted by atomic mass is 9.92. The molecule has 17 heavy (non-hydrogen) atoms. The quantitative estimate of drug-likeness (QED) is 0.850. The van der Waals surface area contributed by atoms with Crippen molar-refractivity contribution in [3.63, 3.8) is 0 Å². The summed E-state index contributed by atoms with van der Waals surface area (Å²) in [5.74, 6) is -0.300. The lowest BCUT2D eigenvalue weighted by Gasteiger charge is -2.23. The first-order chi connectivity index (χ1) is 8.22. The molecule has 94 valence electrons. The Labute approximate surface area is 101 Å². The van der Waals surface area contributed by atoms with Crippen LogP contribution in [0.3, 0.4) is 0 Å². The average molecular weight is 239 g/mol. The second-order valence-corrected chi connectivity index (χ2v) is 4.84. The third-order valence-electron chi connectivity index (χ3n) is 3.83. The lowest BCUT2D eigenvalue weighted by molar-refractivity contribution is 0.368. The third kappa shape index (κ3) is 2.83. The Morgan fingerprint density at radius 2 is 1.82 bits per heavy atom. The van der Waals surface area contributed by atoms with Crippen molar-refractivity contribution < 1.29 is 8.78 Å². The monoisotopic (exact) mass is 239 g/mol. The van der Waals surface area contributed by atoms with Crippen LogP contribution < -0.4 is 5.32 Å². The fourth-order valence-electron chi connectivity index (χ4n) is 2.81. The Morgan fingerprint density at radius 1 is 1.24 bits per heavy atom. The van der Waals surface area contributed by atoms with Crippen LogP contribution in [0.5, 0.6) is 0 Å². The first kappa shape index (κ1) is 12.5. The van der Waals surface area contributed by atoms with Crippen molar-refractivity contribution in [3.05, 3.63) is 35.4 Å². The van der Waals surface area contributed by atoms with E-state index in [2.05, 4.69) is 5.32 Å². The van der Waals surface area contributed by atoms with Gasteiger partial charge in [0, 0.05) is 11.6 Å². The lowest BCUT2D eigenvalue weighted by Crippen LogP contribution is -2.34. The maximum Gasteiger partial charge on any atom is 0.129 e. The largest absolute Gasteiger partial charge is 0.316 e. The van der Waals surface area contributed by atoms with Crippen LogP contribution in [0.2, 0.25) is 0 Å². The fourth-order valence-corrected chi connectivity index (χ4v) is 2.81. The van der Waals surface area contributed by atoms with Crippen molar-refractivity contribution in [2.24, 2.45) is 5.92 Å². The van der Waals surface area contributed by atoms with Gasteiger partial charge >= 0.3 is 0 Å². The van der Waals surface area contributed by atoms with Crippen molar-refractivity contribution in [1.29, 1.82) is 0 Å². The van der Waals surface area contributed by atoms with Crippen LogP contribution in [0.1, 0.15) is 31.2 Å². The zero-order valence-electron chi connectivity index (χ0n) is 10.2. The van der Waals surface area contributed by atoms with E-state index in [4.69, 9.17) is 0 Å². The minimum Gasteiger partial charge on any atom is -0.316 e. The number of nitrogens with one attached hydrogen (secondary N) is 1. The zero-order chi connectivity index (χ0) is 12.3. The van der Waals surface area contributed by atoms with E-state index in [0.717, 1.165) is 0 Å². The van der Waals surface area contributed by atoms with E-state index in [0.29, 0.717) is 12.3 Å². The number of hydrogen-bond donors (Lipinski definition) is 1. The predicted molar refractivity (Wildman–Crippen MR) is 64.9 cm³/mol. The van der Waals surface area contributed by atoms with E-state index in [9.17, 15) is 8.78 Å². The second-order valence-electron chi connectivity index (χ2n) is 4.84. The van der Waals surface area contributed by atoms with Gasteiger partial charge in [-0.2, -0.15) is 0 Å². The Balaban J connectivity index is 2.12. The molecule has 1 aromatic rings. The van der Waals surface area contributed by atoms with Gasteiger partial charge in [-0.1, -0.05) is 18.9 Å². The van der Waals surface area contributed by atoms with E-state index >= 15 is 0 Å². The van der Waals surface area contributed by atoms with Crippen molar-refractivity contribution in [1.82, 2.24) is 5.32 Å². The summed E-state index contributed by atoms with van der Waals surface area (Å²) in [4.78, 5) is 0. The number of rotatable bonds is 4. The summed E-state index contributed by atoms with van der Waals surface area (Å²) >= 11 is 0. The van der Waals surface area contributed by atoms with Gasteiger partial charge in [-0.25, -0.2) is 8.78 Å². The molecular formula is C14H19F2N. The summed E-state index contributed by atoms with van der Waals surface area (Å²) < 4.78 is 27.1. The normalized spacial score (nSPS) is 18.5. The molecule has 1 nitrogen and oxygen atoms in total. The molecule has 0 radical (unpaired) electrons. The van der Waals surface area contributed by atoms with Gasteiger partial charge < -0.3 is 5.32 Å². The van der Waals surface area contributed by atoms with Gasteiger partial charge in [-0.3, -0.25) is 0 Å². The molecular weight excluding hydrogens is 220 g/mol. The van der Waals surface area contributed by atoms with Crippen molar-refractivity contribution in [2.45, 2.75) is 38.1 Å². The molecule has 0 heterocycles. The molecule has 0 bridgehead atoms. The van der Waals surface area contributed by atoms with Crippen molar-refractivity contribution >= 4 is 0 Å². The van der Waals surface area contributed by atoms with Gasteiger partial charge in [0.05, 0.1) is 0 Å². The molecule has 0 aromatic heterocycles. The summed E-state index contributed by atoms with van der Waals surface area (Å²) in [6, 6.07) is 4.27. The highest BCUT2D eigenvalue weighted by Crippen LogP contribution is 2.29. The number of halogens is 2. The second kappa shape index (κ2) is 5.58. The molecule has 1 aromatic carbocycles. The van der Waals surface area contributed by atoms with E-state index in [1.165, 1.54) is 43.9 Å². The first-order valence-corrected chi connectivity index (χ1v) is 6.32. The van der Waals surface area contributed by atoms with E-state index in [-0.39, 0.29) is 11.6 Å². The smallest absolute Gasteiger partial charge is 0.129 e. The number of benzene rings is 1. The summed E-state index contributed by atoms with van der Waals surface area (Å²) in [7, 11) is 1.88. The molecule has 0 aliphatic heterocycles. The van der Waals surface area contributed by atoms with E-state index in [1.54, 1.807) is 0 Å². The van der Waals surface area contributed by atoms with Crippen LogP contribution >= 0.6 is 0 Å². The Morgan fingerprint density at radius 3 is 2.35 bits per heavy atom. The van der Waals surface area contributed by atoms with Gasteiger partial charge in [-0.05, 0) is 44.4 Å². The Kier molecular flexibility index (Phi) is 4.11. The molecule has 1 aliphatic rings. The van der Waals surface area contributed by atoms with Crippen LogP contribution in [-0.4, -0.2) is 13.1 Å². The molecule has 1 N–H and O–H groups in total. The SMILES string of the molecule is CNC(Cc1c(F)cccc1F)C1CCCC1. The third-order valence-corrected chi connectivity index (χ3v) is 3.83. The van der Waals surface area contributed by atoms with Gasteiger partial charge in [0.2, 0.25) is 0 Å². The standard InChI is InChI=1S/C14H19F2N/c1-17-14(10-5-2-3-6-10)9-11-12(15)7-4-8-13(11)16/h4,7-8,10,14,17H,2-3,5-6,9H2,1H3. The van der Waals surface area contributed by atoms with Crippen LogP contribution in [0.15, 0.2) is 18.2 Å². The molecule has 1 fully saturated rings. The minimum atomic E-state index is -0.428. The van der Waals surface area contributed by atoms with E-state index < -0.39 is 11.6 Å². The molecule has 0 saturated heterocycles. The van der Waals surface area contributed by atoms with Gasteiger partial charge in [-0.15, -0.1) is 0 Å². The fraction of sp³-hybridized carbons (Fsp3) is 0.571. The number of hydrogen-bond acceptors (Lipinski definition) is 1.